The van der Waals surface area contributed by atoms with Gasteiger partial charge in [-0.15, -0.1) is 12.4 Å². The van der Waals surface area contributed by atoms with Crippen LogP contribution >= 0.6 is 12.4 Å². The highest BCUT2D eigenvalue weighted by atomic mass is 35.5. The molecule has 0 spiro atoms. The Balaban J connectivity index is 0.00000200. The van der Waals surface area contributed by atoms with E-state index in [0.717, 1.165) is 19.5 Å². The zero-order chi connectivity index (χ0) is 13.5. The van der Waals surface area contributed by atoms with Gasteiger partial charge >= 0.3 is 0 Å². The van der Waals surface area contributed by atoms with Crippen LogP contribution in [0.3, 0.4) is 0 Å². The maximum Gasteiger partial charge on any atom is 0.0388 e. The van der Waals surface area contributed by atoms with Crippen molar-refractivity contribution in [2.75, 3.05) is 13.1 Å². The van der Waals surface area contributed by atoms with Crippen LogP contribution in [0.2, 0.25) is 0 Å². The van der Waals surface area contributed by atoms with Gasteiger partial charge in [0.05, 0.1) is 0 Å². The fourth-order valence-corrected chi connectivity index (χ4v) is 2.63. The van der Waals surface area contributed by atoms with Gasteiger partial charge < -0.3 is 0 Å². The molecule has 2 aromatic rings. The molecule has 0 saturated heterocycles. The summed E-state index contributed by atoms with van der Waals surface area (Å²) in [5.41, 5.74) is 2.82. The van der Waals surface area contributed by atoms with Gasteiger partial charge in [0, 0.05) is 6.04 Å². The van der Waals surface area contributed by atoms with Crippen molar-refractivity contribution in [2.45, 2.75) is 26.3 Å². The Hall–Kier alpha value is -1.31. The van der Waals surface area contributed by atoms with Crippen molar-refractivity contribution in [1.29, 1.82) is 0 Å². The van der Waals surface area contributed by atoms with Gasteiger partial charge in [-0.05, 0) is 30.6 Å². The van der Waals surface area contributed by atoms with E-state index < -0.39 is 0 Å². The van der Waals surface area contributed by atoms with Crippen molar-refractivity contribution in [3.8, 4) is 0 Å². The summed E-state index contributed by atoms with van der Waals surface area (Å²) in [5, 5.41) is 0. The number of likely N-dealkylation sites (N-methyl/N-ethyl adjacent to an activating group) is 1. The van der Waals surface area contributed by atoms with Gasteiger partial charge in [0.2, 0.25) is 0 Å². The molecule has 0 aliphatic rings. The highest BCUT2D eigenvalue weighted by molar-refractivity contribution is 5.85. The summed E-state index contributed by atoms with van der Waals surface area (Å²) >= 11 is 0. The van der Waals surface area contributed by atoms with E-state index in [9.17, 15) is 0 Å². The molecule has 108 valence electrons. The minimum Gasteiger partial charge on any atom is -0.297 e. The van der Waals surface area contributed by atoms with Gasteiger partial charge in [0.15, 0.2) is 0 Å². The maximum absolute atomic E-state index is 2.53. The van der Waals surface area contributed by atoms with Crippen molar-refractivity contribution in [3.05, 3.63) is 71.8 Å². The molecular weight excluding hydrogens is 266 g/mol. The van der Waals surface area contributed by atoms with Gasteiger partial charge in [-0.3, -0.25) is 4.90 Å². The fourth-order valence-electron chi connectivity index (χ4n) is 2.63. The fraction of sp³-hybridized carbons (Fsp3) is 0.333. The number of nitrogens with zero attached hydrogens (tertiary/aromatic N) is 1. The molecule has 1 unspecified atom stereocenters. The van der Waals surface area contributed by atoms with Crippen LogP contribution in [-0.4, -0.2) is 18.0 Å². The molecule has 0 saturated carbocycles. The number of halogens is 1. The lowest BCUT2D eigenvalue weighted by atomic mass is 9.97. The molecule has 1 atom stereocenters. The minimum atomic E-state index is 0. The maximum atomic E-state index is 2.53. The molecule has 0 aliphatic carbocycles. The number of hydrogen-bond donors (Lipinski definition) is 0. The first-order chi connectivity index (χ1) is 9.35. The van der Waals surface area contributed by atoms with Crippen molar-refractivity contribution >= 4 is 12.4 Å². The average molecular weight is 290 g/mol. The van der Waals surface area contributed by atoms with Crippen molar-refractivity contribution in [1.82, 2.24) is 4.90 Å². The quantitative estimate of drug-likeness (QED) is 0.743. The molecule has 0 aromatic heterocycles. The zero-order valence-corrected chi connectivity index (χ0v) is 13.1. The largest absolute Gasteiger partial charge is 0.297 e. The first-order valence-electron chi connectivity index (χ1n) is 7.18. The predicted octanol–water partition coefficient (Wildman–Crippen LogP) is 4.73. The molecule has 0 radical (unpaired) electrons. The van der Waals surface area contributed by atoms with Crippen LogP contribution < -0.4 is 0 Å². The Bertz CT molecular complexity index is 465. The monoisotopic (exact) mass is 289 g/mol. The van der Waals surface area contributed by atoms with E-state index in [0.29, 0.717) is 6.04 Å². The highest BCUT2D eigenvalue weighted by Gasteiger charge is 2.17. The summed E-state index contributed by atoms with van der Waals surface area (Å²) in [6, 6.07) is 22.1. The Morgan fingerprint density at radius 1 is 0.800 bits per heavy atom. The molecule has 0 N–H and O–H groups in total. The molecule has 20 heavy (non-hydrogen) atoms. The molecule has 2 heteroatoms. The van der Waals surface area contributed by atoms with Crippen molar-refractivity contribution < 1.29 is 0 Å². The molecule has 0 amide bonds. The third-order valence-corrected chi connectivity index (χ3v) is 3.71. The minimum absolute atomic E-state index is 0. The summed E-state index contributed by atoms with van der Waals surface area (Å²) in [6.07, 6.45) is 1.08. The topological polar surface area (TPSA) is 3.24 Å². The van der Waals surface area contributed by atoms with Gasteiger partial charge in [0.25, 0.3) is 0 Å². The van der Waals surface area contributed by atoms with Gasteiger partial charge in [-0.1, -0.05) is 74.5 Å². The third-order valence-electron chi connectivity index (χ3n) is 3.71. The lowest BCUT2D eigenvalue weighted by Gasteiger charge is -2.30. The van der Waals surface area contributed by atoms with E-state index in [2.05, 4.69) is 79.4 Å². The van der Waals surface area contributed by atoms with Gasteiger partial charge in [-0.25, -0.2) is 0 Å². The normalized spacial score (nSPS) is 11.9. The summed E-state index contributed by atoms with van der Waals surface area (Å²) in [6.45, 7) is 6.65. The summed E-state index contributed by atoms with van der Waals surface area (Å²) < 4.78 is 0. The molecule has 2 aromatic carbocycles. The van der Waals surface area contributed by atoms with Crippen molar-refractivity contribution in [2.24, 2.45) is 0 Å². The van der Waals surface area contributed by atoms with E-state index in [1.807, 2.05) is 0 Å². The molecule has 0 heterocycles. The SMILES string of the molecule is CCN(CC)C(Cc1ccccc1)c1ccccc1.Cl. The van der Waals surface area contributed by atoms with Crippen LogP contribution in [0.1, 0.15) is 31.0 Å². The summed E-state index contributed by atoms with van der Waals surface area (Å²) in [7, 11) is 0. The molecule has 0 aliphatic heterocycles. The van der Waals surface area contributed by atoms with E-state index in [4.69, 9.17) is 0 Å². The highest BCUT2D eigenvalue weighted by Crippen LogP contribution is 2.24. The first-order valence-corrected chi connectivity index (χ1v) is 7.18. The summed E-state index contributed by atoms with van der Waals surface area (Å²) in [5.74, 6) is 0. The van der Waals surface area contributed by atoms with Crippen LogP contribution in [0, 0.1) is 0 Å². The van der Waals surface area contributed by atoms with Crippen LogP contribution in [0.15, 0.2) is 60.7 Å². The smallest absolute Gasteiger partial charge is 0.0388 e. The number of benzene rings is 2. The van der Waals surface area contributed by atoms with Crippen molar-refractivity contribution in [3.63, 3.8) is 0 Å². The van der Waals surface area contributed by atoms with Crippen LogP contribution in [0.4, 0.5) is 0 Å². The second-order valence-corrected chi connectivity index (χ2v) is 4.84. The lowest BCUT2D eigenvalue weighted by molar-refractivity contribution is 0.217. The molecule has 2 rings (SSSR count). The second-order valence-electron chi connectivity index (χ2n) is 4.84. The molecule has 1 nitrogen and oxygen atoms in total. The average Bonchev–Trinajstić information content (AvgIpc) is 2.49. The molecule has 0 fully saturated rings. The van der Waals surface area contributed by atoms with Gasteiger partial charge in [0.1, 0.15) is 0 Å². The predicted molar refractivity (Wildman–Crippen MR) is 89.5 cm³/mol. The molecular formula is C18H24ClN. The standard InChI is InChI=1S/C18H23N.ClH/c1-3-19(4-2)18(17-13-9-6-10-14-17)15-16-11-7-5-8-12-16;/h5-14,18H,3-4,15H2,1-2H3;1H. The van der Waals surface area contributed by atoms with Crippen LogP contribution in [-0.2, 0) is 6.42 Å². The lowest BCUT2D eigenvalue weighted by Crippen LogP contribution is -2.29. The van der Waals surface area contributed by atoms with E-state index in [-0.39, 0.29) is 12.4 Å². The van der Waals surface area contributed by atoms with E-state index >= 15 is 0 Å². The molecule has 0 bridgehead atoms. The Morgan fingerprint density at radius 2 is 1.30 bits per heavy atom. The van der Waals surface area contributed by atoms with E-state index in [1.54, 1.807) is 0 Å². The summed E-state index contributed by atoms with van der Waals surface area (Å²) in [4.78, 5) is 2.53. The zero-order valence-electron chi connectivity index (χ0n) is 12.3. The van der Waals surface area contributed by atoms with E-state index in [1.165, 1.54) is 11.1 Å². The van der Waals surface area contributed by atoms with Crippen LogP contribution in [0.5, 0.6) is 0 Å². The van der Waals surface area contributed by atoms with Gasteiger partial charge in [-0.2, -0.15) is 0 Å². The Labute approximate surface area is 129 Å². The number of hydrogen-bond acceptors (Lipinski definition) is 1. The van der Waals surface area contributed by atoms with Crippen LogP contribution in [0.25, 0.3) is 0 Å². The Morgan fingerprint density at radius 3 is 1.80 bits per heavy atom. The third kappa shape index (κ3) is 4.36. The second kappa shape index (κ2) is 8.78. The Kier molecular flexibility index (Phi) is 7.35. The number of rotatable bonds is 6. The first kappa shape index (κ1) is 16.7.